The summed E-state index contributed by atoms with van der Waals surface area (Å²) in [5.74, 6) is 0. The van der Waals surface area contributed by atoms with Gasteiger partial charge < -0.3 is 4.90 Å². The number of hydrogen-bond donors (Lipinski definition) is 0. The molecule has 0 saturated heterocycles. The van der Waals surface area contributed by atoms with E-state index in [9.17, 15) is 0 Å². The van der Waals surface area contributed by atoms with E-state index in [4.69, 9.17) is 0 Å². The first kappa shape index (κ1) is 25.5. The van der Waals surface area contributed by atoms with E-state index in [0.29, 0.717) is 0 Å². The summed E-state index contributed by atoms with van der Waals surface area (Å²) < 4.78 is 3.71. The molecule has 0 bridgehead atoms. The van der Waals surface area contributed by atoms with Gasteiger partial charge in [0.05, 0.1) is 0 Å². The molecule has 0 radical (unpaired) electrons. The Hall–Kier alpha value is -4.18. The van der Waals surface area contributed by atoms with Gasteiger partial charge in [0.1, 0.15) is 0 Å². The minimum Gasteiger partial charge on any atom is -0.310 e. The number of fused-ring (bicyclic) bond motifs is 6. The maximum absolute atomic E-state index is 3.65. The molecule has 42 heavy (non-hydrogen) atoms. The summed E-state index contributed by atoms with van der Waals surface area (Å²) in [4.78, 5) is 2.41. The average molecular weight is 623 g/mol. The van der Waals surface area contributed by atoms with Crippen LogP contribution in [0.25, 0.3) is 42.4 Å². The maximum atomic E-state index is 3.65. The first-order chi connectivity index (χ1) is 20.5. The van der Waals surface area contributed by atoms with Gasteiger partial charge in [-0.2, -0.15) is 0 Å². The van der Waals surface area contributed by atoms with Crippen molar-refractivity contribution in [3.63, 3.8) is 0 Å². The third-order valence-electron chi connectivity index (χ3n) is 8.73. The summed E-state index contributed by atoms with van der Waals surface area (Å²) in [5, 5.41) is 2.59. The number of rotatable bonds is 4. The molecule has 0 N–H and O–H groups in total. The maximum Gasteiger partial charge on any atom is 0.0468 e. The Morgan fingerprint density at radius 2 is 1.19 bits per heavy atom. The first-order valence-electron chi connectivity index (χ1n) is 14.3. The monoisotopic (exact) mass is 621 g/mol. The zero-order valence-electron chi connectivity index (χ0n) is 23.4. The highest BCUT2D eigenvalue weighted by Gasteiger charge is 2.35. The molecule has 0 atom stereocenters. The van der Waals surface area contributed by atoms with Crippen LogP contribution in [0, 0.1) is 0 Å². The molecule has 0 amide bonds. The smallest absolute Gasteiger partial charge is 0.0468 e. The van der Waals surface area contributed by atoms with Crippen molar-refractivity contribution in [1.29, 1.82) is 0 Å². The molecule has 0 aliphatic heterocycles. The molecule has 1 aliphatic carbocycles. The van der Waals surface area contributed by atoms with Gasteiger partial charge in [-0.1, -0.05) is 109 Å². The van der Waals surface area contributed by atoms with Crippen LogP contribution in [0.4, 0.5) is 17.1 Å². The average Bonchev–Trinajstić information content (AvgIpc) is 3.49. The highest BCUT2D eigenvalue weighted by Crippen LogP contribution is 2.51. The van der Waals surface area contributed by atoms with Crippen molar-refractivity contribution in [2.24, 2.45) is 0 Å². The van der Waals surface area contributed by atoms with Gasteiger partial charge in [0.15, 0.2) is 0 Å². The van der Waals surface area contributed by atoms with Gasteiger partial charge in [0.25, 0.3) is 0 Å². The van der Waals surface area contributed by atoms with E-state index in [2.05, 4.69) is 168 Å². The third-order valence-corrected chi connectivity index (χ3v) is 10.4. The van der Waals surface area contributed by atoms with E-state index in [1.807, 2.05) is 11.3 Å². The molecule has 3 heteroatoms. The molecular weight excluding hydrogens is 594 g/mol. The Labute approximate surface area is 258 Å². The van der Waals surface area contributed by atoms with Crippen molar-refractivity contribution >= 4 is 64.5 Å². The fraction of sp³-hybridized carbons (Fsp3) is 0.0769. The van der Waals surface area contributed by atoms with Crippen LogP contribution in [-0.2, 0) is 5.41 Å². The van der Waals surface area contributed by atoms with E-state index < -0.39 is 0 Å². The second kappa shape index (κ2) is 9.69. The fourth-order valence-corrected chi connectivity index (χ4v) is 8.24. The lowest BCUT2D eigenvalue weighted by Crippen LogP contribution is -2.15. The Kier molecular flexibility index (Phi) is 5.89. The van der Waals surface area contributed by atoms with Crippen molar-refractivity contribution in [1.82, 2.24) is 0 Å². The van der Waals surface area contributed by atoms with E-state index in [-0.39, 0.29) is 5.41 Å². The molecule has 0 spiro atoms. The van der Waals surface area contributed by atoms with Crippen molar-refractivity contribution in [3.8, 4) is 22.3 Å². The summed E-state index contributed by atoms with van der Waals surface area (Å²) in [7, 11) is 0. The predicted octanol–water partition coefficient (Wildman–Crippen LogP) is 12.3. The van der Waals surface area contributed by atoms with Crippen molar-refractivity contribution in [2.75, 3.05) is 4.90 Å². The largest absolute Gasteiger partial charge is 0.310 e. The van der Waals surface area contributed by atoms with Crippen molar-refractivity contribution in [2.45, 2.75) is 19.3 Å². The minimum absolute atomic E-state index is 0.0185. The molecule has 7 aromatic rings. The second-order valence-electron chi connectivity index (χ2n) is 11.6. The molecular formula is C39H28BrNS. The van der Waals surface area contributed by atoms with Crippen LogP contribution in [0.5, 0.6) is 0 Å². The third kappa shape index (κ3) is 4.03. The van der Waals surface area contributed by atoms with Crippen LogP contribution in [0.2, 0.25) is 0 Å². The highest BCUT2D eigenvalue weighted by atomic mass is 79.9. The van der Waals surface area contributed by atoms with Gasteiger partial charge in [-0.15, -0.1) is 11.3 Å². The van der Waals surface area contributed by atoms with E-state index >= 15 is 0 Å². The van der Waals surface area contributed by atoms with E-state index in [0.717, 1.165) is 21.5 Å². The number of benzene rings is 6. The lowest BCUT2D eigenvalue weighted by atomic mass is 9.82. The molecule has 0 unspecified atom stereocenters. The molecule has 1 heterocycles. The van der Waals surface area contributed by atoms with Crippen LogP contribution in [0.3, 0.4) is 0 Å². The Bertz CT molecular complexity index is 2120. The topological polar surface area (TPSA) is 3.24 Å². The first-order valence-corrected chi connectivity index (χ1v) is 15.9. The molecule has 202 valence electrons. The van der Waals surface area contributed by atoms with Gasteiger partial charge in [-0.3, -0.25) is 0 Å². The fourth-order valence-electron chi connectivity index (χ4n) is 6.61. The van der Waals surface area contributed by atoms with Crippen molar-refractivity contribution < 1.29 is 0 Å². The number of thiophene rings is 1. The molecule has 1 aromatic heterocycles. The quantitative estimate of drug-likeness (QED) is 0.189. The number of anilines is 3. The Morgan fingerprint density at radius 1 is 0.524 bits per heavy atom. The van der Waals surface area contributed by atoms with Gasteiger partial charge in [-0.05, 0) is 88.0 Å². The van der Waals surface area contributed by atoms with E-state index in [1.165, 1.54) is 53.6 Å². The predicted molar refractivity (Wildman–Crippen MR) is 185 cm³/mol. The zero-order valence-corrected chi connectivity index (χ0v) is 25.8. The summed E-state index contributed by atoms with van der Waals surface area (Å²) >= 11 is 5.50. The summed E-state index contributed by atoms with van der Waals surface area (Å²) in [6.07, 6.45) is 0. The summed E-state index contributed by atoms with van der Waals surface area (Å²) in [6.45, 7) is 4.68. The normalized spacial score (nSPS) is 13.3. The zero-order chi connectivity index (χ0) is 28.4. The lowest BCUT2D eigenvalue weighted by Gasteiger charge is -2.27. The van der Waals surface area contributed by atoms with Crippen LogP contribution in [0.15, 0.2) is 138 Å². The molecule has 1 nitrogen and oxygen atoms in total. The SMILES string of the molecule is CC1(C)c2ccccc2-c2cc(N(c3ccc(-c4ccccc4)cc3)c3ccc4sc5cc(Br)ccc5c4c3)ccc21. The van der Waals surface area contributed by atoms with Crippen LogP contribution in [0.1, 0.15) is 25.0 Å². The summed E-state index contributed by atoms with van der Waals surface area (Å²) in [5.41, 5.74) is 11.3. The second-order valence-corrected chi connectivity index (χ2v) is 13.6. The number of hydrogen-bond acceptors (Lipinski definition) is 2. The molecule has 0 fully saturated rings. The van der Waals surface area contributed by atoms with Gasteiger partial charge in [-0.25, -0.2) is 0 Å². The molecule has 1 aliphatic rings. The Balaban J connectivity index is 1.32. The van der Waals surface area contributed by atoms with Crippen LogP contribution < -0.4 is 4.90 Å². The number of halogens is 1. The van der Waals surface area contributed by atoms with Gasteiger partial charge >= 0.3 is 0 Å². The molecule has 6 aromatic carbocycles. The standard InChI is InChI=1S/C39H28BrNS/c1-39(2)35-11-7-6-10-31(35)33-23-29(17-20-36(33)39)41(28-15-12-26(13-16-28)25-8-4-3-5-9-25)30-18-21-37-34(24-30)32-19-14-27(40)22-38(32)42-37/h3-24H,1-2H3. The molecule has 8 rings (SSSR count). The van der Waals surface area contributed by atoms with Crippen LogP contribution >= 0.6 is 27.3 Å². The van der Waals surface area contributed by atoms with Crippen molar-refractivity contribution in [3.05, 3.63) is 149 Å². The van der Waals surface area contributed by atoms with Crippen LogP contribution in [-0.4, -0.2) is 0 Å². The highest BCUT2D eigenvalue weighted by molar-refractivity contribution is 9.10. The number of nitrogens with zero attached hydrogens (tertiary/aromatic N) is 1. The minimum atomic E-state index is -0.0185. The van der Waals surface area contributed by atoms with Gasteiger partial charge in [0.2, 0.25) is 0 Å². The van der Waals surface area contributed by atoms with E-state index in [1.54, 1.807) is 0 Å². The lowest BCUT2D eigenvalue weighted by molar-refractivity contribution is 0.660. The molecule has 0 saturated carbocycles. The van der Waals surface area contributed by atoms with Gasteiger partial charge in [0, 0.05) is 47.1 Å². The summed E-state index contributed by atoms with van der Waals surface area (Å²) in [6, 6.07) is 49.0. The Morgan fingerprint density at radius 3 is 2.02 bits per heavy atom.